The smallest absolute Gasteiger partial charge is 0.107 e. The zero-order chi connectivity index (χ0) is 13.0. The molecule has 1 aromatic rings. The highest BCUT2D eigenvalue weighted by Gasteiger charge is 2.20. The van der Waals surface area contributed by atoms with Crippen molar-refractivity contribution >= 4 is 11.3 Å². The zero-order valence-electron chi connectivity index (χ0n) is 11.1. The number of thiazole rings is 1. The van der Waals surface area contributed by atoms with Gasteiger partial charge in [0.2, 0.25) is 0 Å². The van der Waals surface area contributed by atoms with Gasteiger partial charge in [0.1, 0.15) is 5.01 Å². The number of aliphatic hydroxyl groups is 1. The van der Waals surface area contributed by atoms with Gasteiger partial charge >= 0.3 is 0 Å². The lowest BCUT2D eigenvalue weighted by molar-refractivity contribution is 0.203. The third-order valence-electron chi connectivity index (χ3n) is 3.39. The minimum atomic E-state index is 0.190. The molecule has 2 rings (SSSR count). The Hall–Kier alpha value is -0.710. The standard InChI is InChI=1S/C14H22N2OS/c1-3-6-16(7-8-17)10-14-15-12-5-4-11(2)9-13(12)18-14/h3,11,17H,1,4-10H2,2H3. The molecule has 18 heavy (non-hydrogen) atoms. The van der Waals surface area contributed by atoms with E-state index in [1.807, 2.05) is 17.4 Å². The summed E-state index contributed by atoms with van der Waals surface area (Å²) in [5.41, 5.74) is 1.32. The van der Waals surface area contributed by atoms with Crippen molar-refractivity contribution in [1.29, 1.82) is 0 Å². The van der Waals surface area contributed by atoms with E-state index in [0.717, 1.165) is 25.4 Å². The fraction of sp³-hybridized carbons (Fsp3) is 0.643. The van der Waals surface area contributed by atoms with Crippen molar-refractivity contribution in [3.63, 3.8) is 0 Å². The molecular weight excluding hydrogens is 244 g/mol. The number of nitrogens with zero attached hydrogens (tertiary/aromatic N) is 2. The Balaban J connectivity index is 2.02. The van der Waals surface area contributed by atoms with Crippen LogP contribution in [0.25, 0.3) is 0 Å². The van der Waals surface area contributed by atoms with Gasteiger partial charge in [-0.15, -0.1) is 17.9 Å². The molecule has 1 heterocycles. The van der Waals surface area contributed by atoms with E-state index in [1.54, 1.807) is 0 Å². The van der Waals surface area contributed by atoms with Gasteiger partial charge in [0.25, 0.3) is 0 Å². The predicted octanol–water partition coefficient (Wildman–Crippen LogP) is 2.25. The lowest BCUT2D eigenvalue weighted by Gasteiger charge is -2.17. The van der Waals surface area contributed by atoms with Crippen LogP contribution in [0.4, 0.5) is 0 Å². The highest BCUT2D eigenvalue weighted by molar-refractivity contribution is 7.11. The van der Waals surface area contributed by atoms with Crippen molar-refractivity contribution < 1.29 is 5.11 Å². The maximum absolute atomic E-state index is 9.05. The van der Waals surface area contributed by atoms with Gasteiger partial charge < -0.3 is 5.11 Å². The first-order chi connectivity index (χ1) is 8.72. The summed E-state index contributed by atoms with van der Waals surface area (Å²) in [6.07, 6.45) is 5.47. The molecule has 1 atom stereocenters. The first-order valence-electron chi connectivity index (χ1n) is 6.64. The van der Waals surface area contributed by atoms with Crippen LogP contribution in [0.1, 0.15) is 28.9 Å². The van der Waals surface area contributed by atoms with Crippen LogP contribution in [0.3, 0.4) is 0 Å². The molecule has 3 nitrogen and oxygen atoms in total. The second-order valence-corrected chi connectivity index (χ2v) is 6.24. The van der Waals surface area contributed by atoms with Crippen LogP contribution >= 0.6 is 11.3 Å². The van der Waals surface area contributed by atoms with Crippen LogP contribution in [0.5, 0.6) is 0 Å². The van der Waals surface area contributed by atoms with Crippen molar-refractivity contribution in [2.24, 2.45) is 5.92 Å². The summed E-state index contributed by atoms with van der Waals surface area (Å²) in [6.45, 7) is 8.59. The predicted molar refractivity (Wildman–Crippen MR) is 75.9 cm³/mol. The fourth-order valence-corrected chi connectivity index (χ4v) is 3.73. The van der Waals surface area contributed by atoms with E-state index >= 15 is 0 Å². The van der Waals surface area contributed by atoms with Crippen molar-refractivity contribution in [1.82, 2.24) is 9.88 Å². The normalized spacial score (nSPS) is 18.9. The van der Waals surface area contributed by atoms with Crippen LogP contribution in [0.15, 0.2) is 12.7 Å². The van der Waals surface area contributed by atoms with E-state index in [0.29, 0.717) is 6.54 Å². The van der Waals surface area contributed by atoms with E-state index in [9.17, 15) is 0 Å². The van der Waals surface area contributed by atoms with Gasteiger partial charge in [-0.25, -0.2) is 4.98 Å². The Morgan fingerprint density at radius 2 is 2.44 bits per heavy atom. The molecule has 1 N–H and O–H groups in total. The average molecular weight is 266 g/mol. The second kappa shape index (κ2) is 6.45. The van der Waals surface area contributed by atoms with Gasteiger partial charge in [-0.05, 0) is 25.2 Å². The molecule has 0 spiro atoms. The van der Waals surface area contributed by atoms with Crippen LogP contribution < -0.4 is 0 Å². The molecular formula is C14H22N2OS. The molecule has 4 heteroatoms. The summed E-state index contributed by atoms with van der Waals surface area (Å²) in [4.78, 5) is 8.41. The third kappa shape index (κ3) is 3.40. The molecule has 0 amide bonds. The summed E-state index contributed by atoms with van der Waals surface area (Å²) in [5, 5.41) is 10.2. The Morgan fingerprint density at radius 1 is 1.61 bits per heavy atom. The van der Waals surface area contributed by atoms with Gasteiger partial charge in [-0.1, -0.05) is 13.0 Å². The Bertz CT molecular complexity index is 402. The fourth-order valence-electron chi connectivity index (χ4n) is 2.41. The lowest BCUT2D eigenvalue weighted by atomic mass is 9.93. The number of fused-ring (bicyclic) bond motifs is 1. The largest absolute Gasteiger partial charge is 0.395 e. The Labute approximate surface area is 113 Å². The first-order valence-corrected chi connectivity index (χ1v) is 7.46. The van der Waals surface area contributed by atoms with Crippen LogP contribution in [-0.4, -0.2) is 34.7 Å². The topological polar surface area (TPSA) is 36.4 Å². The maximum atomic E-state index is 9.05. The lowest BCUT2D eigenvalue weighted by Crippen LogP contribution is -2.26. The van der Waals surface area contributed by atoms with Gasteiger partial charge in [0.05, 0.1) is 18.8 Å². The maximum Gasteiger partial charge on any atom is 0.107 e. The molecule has 0 saturated carbocycles. The van der Waals surface area contributed by atoms with E-state index in [4.69, 9.17) is 10.1 Å². The van der Waals surface area contributed by atoms with Crippen LogP contribution in [-0.2, 0) is 19.4 Å². The number of aryl methyl sites for hydroxylation is 1. The molecule has 0 aromatic carbocycles. The van der Waals surface area contributed by atoms with Crippen molar-refractivity contribution in [2.45, 2.75) is 32.7 Å². The monoisotopic (exact) mass is 266 g/mol. The highest BCUT2D eigenvalue weighted by Crippen LogP contribution is 2.30. The second-order valence-electron chi connectivity index (χ2n) is 5.07. The molecule has 0 aliphatic heterocycles. The molecule has 0 saturated heterocycles. The number of aromatic nitrogens is 1. The zero-order valence-corrected chi connectivity index (χ0v) is 11.9. The van der Waals surface area contributed by atoms with Gasteiger partial charge in [0.15, 0.2) is 0 Å². The van der Waals surface area contributed by atoms with Gasteiger partial charge in [-0.3, -0.25) is 4.90 Å². The number of aliphatic hydroxyl groups excluding tert-OH is 1. The van der Waals surface area contributed by atoms with E-state index in [2.05, 4.69) is 18.4 Å². The molecule has 0 bridgehead atoms. The molecule has 0 fully saturated rings. The van der Waals surface area contributed by atoms with E-state index in [1.165, 1.54) is 28.4 Å². The minimum absolute atomic E-state index is 0.190. The third-order valence-corrected chi connectivity index (χ3v) is 4.50. The van der Waals surface area contributed by atoms with Crippen molar-refractivity contribution in [3.8, 4) is 0 Å². The SMILES string of the molecule is C=CCN(CCO)Cc1nc2c(s1)CC(C)CC2. The number of hydrogen-bond acceptors (Lipinski definition) is 4. The molecule has 1 aliphatic carbocycles. The van der Waals surface area contributed by atoms with Crippen LogP contribution in [0.2, 0.25) is 0 Å². The van der Waals surface area contributed by atoms with Crippen molar-refractivity contribution in [3.05, 3.63) is 28.2 Å². The van der Waals surface area contributed by atoms with Gasteiger partial charge in [0, 0.05) is 18.0 Å². The number of rotatable bonds is 6. The number of hydrogen-bond donors (Lipinski definition) is 1. The van der Waals surface area contributed by atoms with Gasteiger partial charge in [-0.2, -0.15) is 0 Å². The average Bonchev–Trinajstić information content (AvgIpc) is 2.71. The molecule has 1 unspecified atom stereocenters. The Kier molecular flexibility index (Phi) is 4.92. The molecule has 100 valence electrons. The summed E-state index contributed by atoms with van der Waals surface area (Å²) in [7, 11) is 0. The Morgan fingerprint density at radius 3 is 3.17 bits per heavy atom. The molecule has 1 aliphatic rings. The van der Waals surface area contributed by atoms with E-state index in [-0.39, 0.29) is 6.61 Å². The summed E-state index contributed by atoms with van der Waals surface area (Å²) in [5.74, 6) is 0.799. The molecule has 0 radical (unpaired) electrons. The summed E-state index contributed by atoms with van der Waals surface area (Å²) in [6, 6.07) is 0. The van der Waals surface area contributed by atoms with Crippen LogP contribution in [0, 0.1) is 5.92 Å². The summed E-state index contributed by atoms with van der Waals surface area (Å²) >= 11 is 1.85. The molecule has 1 aromatic heterocycles. The minimum Gasteiger partial charge on any atom is -0.395 e. The highest BCUT2D eigenvalue weighted by atomic mass is 32.1. The van der Waals surface area contributed by atoms with E-state index < -0.39 is 0 Å². The van der Waals surface area contributed by atoms with Crippen molar-refractivity contribution in [2.75, 3.05) is 19.7 Å². The first kappa shape index (κ1) is 13.7. The summed E-state index contributed by atoms with van der Waals surface area (Å²) < 4.78 is 0. The quantitative estimate of drug-likeness (QED) is 0.802.